The lowest BCUT2D eigenvalue weighted by atomic mass is 10.0. The Bertz CT molecular complexity index is 241. The average molecular weight is 255 g/mol. The molecule has 0 fully saturated rings. The first-order chi connectivity index (χ1) is 7.63. The van der Waals surface area contributed by atoms with Crippen LogP contribution in [0.1, 0.15) is 40.0 Å². The summed E-state index contributed by atoms with van der Waals surface area (Å²) in [6.07, 6.45) is -4.62. The lowest BCUT2D eigenvalue weighted by molar-refractivity contribution is -0.141. The van der Waals surface area contributed by atoms with Crippen molar-refractivity contribution in [1.29, 1.82) is 0 Å². The average Bonchev–Trinajstić information content (AvgIpc) is 2.10. The maximum atomic E-state index is 11.9. The van der Waals surface area contributed by atoms with Gasteiger partial charge in [0.1, 0.15) is 6.04 Å². The topological polar surface area (TPSA) is 49.3 Å². The second kappa shape index (κ2) is 6.83. The zero-order valence-corrected chi connectivity index (χ0v) is 10.3. The van der Waals surface area contributed by atoms with Crippen molar-refractivity contribution in [2.45, 2.75) is 58.3 Å². The number of carbonyl (C=O) groups is 1. The third kappa shape index (κ3) is 8.01. The van der Waals surface area contributed by atoms with Crippen LogP contribution in [0.15, 0.2) is 0 Å². The summed E-state index contributed by atoms with van der Waals surface area (Å²) in [5, 5.41) is 11.7. The van der Waals surface area contributed by atoms with Crippen LogP contribution in [0.3, 0.4) is 0 Å². The van der Waals surface area contributed by atoms with Gasteiger partial charge in [-0.1, -0.05) is 13.8 Å². The Labute approximate surface area is 99.4 Å². The van der Waals surface area contributed by atoms with Crippen molar-refractivity contribution < 1.29 is 23.1 Å². The summed E-state index contributed by atoms with van der Waals surface area (Å²) in [5.41, 5.74) is 0. The predicted molar refractivity (Wildman–Crippen MR) is 58.8 cm³/mol. The first-order valence-corrected chi connectivity index (χ1v) is 5.69. The Morgan fingerprint density at radius 3 is 2.18 bits per heavy atom. The molecule has 0 aromatic carbocycles. The van der Waals surface area contributed by atoms with Crippen LogP contribution in [0.2, 0.25) is 0 Å². The van der Waals surface area contributed by atoms with Gasteiger partial charge in [-0.05, 0) is 25.7 Å². The fraction of sp³-hybridized carbons (Fsp3) is 0.909. The zero-order valence-electron chi connectivity index (χ0n) is 10.3. The van der Waals surface area contributed by atoms with Crippen LogP contribution in [0.5, 0.6) is 0 Å². The fourth-order valence-electron chi connectivity index (χ4n) is 1.55. The summed E-state index contributed by atoms with van der Waals surface area (Å²) in [5.74, 6) is -1.07. The number of rotatable bonds is 7. The second-order valence-electron chi connectivity index (χ2n) is 4.64. The third-order valence-corrected chi connectivity index (χ3v) is 2.49. The number of hydrogen-bond donors (Lipinski definition) is 2. The van der Waals surface area contributed by atoms with E-state index < -0.39 is 24.6 Å². The highest BCUT2D eigenvalue weighted by Crippen LogP contribution is 2.22. The van der Waals surface area contributed by atoms with Crippen LogP contribution in [0.4, 0.5) is 13.2 Å². The van der Waals surface area contributed by atoms with Crippen molar-refractivity contribution in [3.8, 4) is 0 Å². The van der Waals surface area contributed by atoms with Gasteiger partial charge in [-0.15, -0.1) is 0 Å². The summed E-state index contributed by atoms with van der Waals surface area (Å²) in [4.78, 5) is 10.9. The highest BCUT2D eigenvalue weighted by molar-refractivity contribution is 5.73. The molecule has 0 aliphatic rings. The summed E-state index contributed by atoms with van der Waals surface area (Å²) in [6.45, 7) is 5.22. The fourth-order valence-corrected chi connectivity index (χ4v) is 1.55. The lowest BCUT2D eigenvalue weighted by Crippen LogP contribution is -2.45. The first kappa shape index (κ1) is 16.2. The van der Waals surface area contributed by atoms with Crippen molar-refractivity contribution in [2.75, 3.05) is 0 Å². The largest absolute Gasteiger partial charge is 0.480 e. The SMILES string of the molecule is CC(CCCC(F)(F)F)NC(C(=O)O)C(C)C. The van der Waals surface area contributed by atoms with E-state index in [1.54, 1.807) is 20.8 Å². The molecule has 17 heavy (non-hydrogen) atoms. The molecule has 6 heteroatoms. The molecular formula is C11H20F3NO2. The van der Waals surface area contributed by atoms with Crippen LogP contribution in [0, 0.1) is 5.92 Å². The molecular weight excluding hydrogens is 235 g/mol. The standard InChI is InChI=1S/C11H20F3NO2/c1-7(2)9(10(16)17)15-8(3)5-4-6-11(12,13)14/h7-9,15H,4-6H2,1-3H3,(H,16,17). The Morgan fingerprint density at radius 2 is 1.82 bits per heavy atom. The Kier molecular flexibility index (Phi) is 6.52. The summed E-state index contributed by atoms with van der Waals surface area (Å²) in [6, 6.07) is -0.947. The van der Waals surface area contributed by atoms with E-state index in [-0.39, 0.29) is 18.4 Å². The molecule has 0 heterocycles. The summed E-state index contributed by atoms with van der Waals surface area (Å²) < 4.78 is 35.7. The van der Waals surface area contributed by atoms with Crippen LogP contribution in [-0.2, 0) is 4.79 Å². The highest BCUT2D eigenvalue weighted by Gasteiger charge is 2.27. The van der Waals surface area contributed by atoms with E-state index >= 15 is 0 Å². The molecule has 2 unspecified atom stereocenters. The summed E-state index contributed by atoms with van der Waals surface area (Å²) in [7, 11) is 0. The number of halogens is 3. The second-order valence-corrected chi connectivity index (χ2v) is 4.64. The van der Waals surface area contributed by atoms with E-state index in [4.69, 9.17) is 5.11 Å². The normalized spacial score (nSPS) is 15.9. The van der Waals surface area contributed by atoms with Gasteiger partial charge >= 0.3 is 12.1 Å². The highest BCUT2D eigenvalue weighted by atomic mass is 19.4. The van der Waals surface area contributed by atoms with E-state index in [0.29, 0.717) is 6.42 Å². The molecule has 0 spiro atoms. The Morgan fingerprint density at radius 1 is 1.29 bits per heavy atom. The molecule has 0 saturated carbocycles. The number of nitrogens with one attached hydrogen (secondary N) is 1. The van der Waals surface area contributed by atoms with E-state index in [1.807, 2.05) is 0 Å². The quantitative estimate of drug-likeness (QED) is 0.735. The molecule has 2 N–H and O–H groups in total. The number of aliphatic carboxylic acids is 1. The smallest absolute Gasteiger partial charge is 0.389 e. The number of alkyl halides is 3. The monoisotopic (exact) mass is 255 g/mol. The minimum Gasteiger partial charge on any atom is -0.480 e. The van der Waals surface area contributed by atoms with Gasteiger partial charge in [0, 0.05) is 12.5 Å². The van der Waals surface area contributed by atoms with Gasteiger partial charge in [-0.2, -0.15) is 13.2 Å². The first-order valence-electron chi connectivity index (χ1n) is 5.69. The Hall–Kier alpha value is -0.780. The molecule has 3 nitrogen and oxygen atoms in total. The molecule has 0 aromatic rings. The number of carboxylic acid groups (broad SMARTS) is 1. The van der Waals surface area contributed by atoms with Crippen molar-refractivity contribution in [2.24, 2.45) is 5.92 Å². The van der Waals surface area contributed by atoms with Gasteiger partial charge in [0.15, 0.2) is 0 Å². The van der Waals surface area contributed by atoms with E-state index in [9.17, 15) is 18.0 Å². The molecule has 0 aliphatic carbocycles. The van der Waals surface area contributed by atoms with Crippen molar-refractivity contribution in [3.63, 3.8) is 0 Å². The van der Waals surface area contributed by atoms with Crippen LogP contribution >= 0.6 is 0 Å². The number of carboxylic acids is 1. The van der Waals surface area contributed by atoms with Crippen LogP contribution in [-0.4, -0.2) is 29.3 Å². The summed E-state index contributed by atoms with van der Waals surface area (Å²) >= 11 is 0. The van der Waals surface area contributed by atoms with Gasteiger partial charge in [-0.3, -0.25) is 4.79 Å². The lowest BCUT2D eigenvalue weighted by Gasteiger charge is -2.23. The molecule has 102 valence electrons. The van der Waals surface area contributed by atoms with Gasteiger partial charge in [0.05, 0.1) is 0 Å². The van der Waals surface area contributed by atoms with Gasteiger partial charge in [0.25, 0.3) is 0 Å². The molecule has 0 rings (SSSR count). The molecule has 0 radical (unpaired) electrons. The van der Waals surface area contributed by atoms with Crippen molar-refractivity contribution >= 4 is 5.97 Å². The minimum atomic E-state index is -4.13. The molecule has 2 atom stereocenters. The van der Waals surface area contributed by atoms with Crippen LogP contribution < -0.4 is 5.32 Å². The molecule has 0 bridgehead atoms. The van der Waals surface area contributed by atoms with Crippen molar-refractivity contribution in [1.82, 2.24) is 5.32 Å². The molecule has 0 saturated heterocycles. The van der Waals surface area contributed by atoms with E-state index in [2.05, 4.69) is 5.32 Å². The molecule has 0 aliphatic heterocycles. The van der Waals surface area contributed by atoms with Crippen LogP contribution in [0.25, 0.3) is 0 Å². The van der Waals surface area contributed by atoms with Gasteiger partial charge in [-0.25, -0.2) is 0 Å². The Balaban J connectivity index is 3.99. The maximum Gasteiger partial charge on any atom is 0.389 e. The van der Waals surface area contributed by atoms with E-state index in [0.717, 1.165) is 0 Å². The minimum absolute atomic E-state index is 0.0160. The maximum absolute atomic E-state index is 11.9. The van der Waals surface area contributed by atoms with Crippen molar-refractivity contribution in [3.05, 3.63) is 0 Å². The molecule has 0 aromatic heterocycles. The van der Waals surface area contributed by atoms with E-state index in [1.165, 1.54) is 0 Å². The zero-order chi connectivity index (χ0) is 13.6. The number of hydrogen-bond acceptors (Lipinski definition) is 2. The predicted octanol–water partition coefficient (Wildman–Crippen LogP) is 2.81. The van der Waals surface area contributed by atoms with Gasteiger partial charge in [0.2, 0.25) is 0 Å². The van der Waals surface area contributed by atoms with Gasteiger partial charge < -0.3 is 10.4 Å². The molecule has 0 amide bonds. The third-order valence-electron chi connectivity index (χ3n) is 2.49.